The minimum absolute atomic E-state index is 0.100. The summed E-state index contributed by atoms with van der Waals surface area (Å²) in [5, 5.41) is 10.8. The fraction of sp³-hybridized carbons (Fsp3) is 0.286. The Bertz CT molecular complexity index is 1030. The van der Waals surface area contributed by atoms with Gasteiger partial charge in [0, 0.05) is 10.7 Å². The summed E-state index contributed by atoms with van der Waals surface area (Å²) in [6.45, 7) is 7.86. The predicted octanol–water partition coefficient (Wildman–Crippen LogP) is 5.18. The molecule has 3 rings (SSSR count). The number of methoxy groups -OCH3 is 1. The minimum Gasteiger partial charge on any atom is -0.496 e. The van der Waals surface area contributed by atoms with Crippen LogP contribution in [0.25, 0.3) is 11.4 Å². The smallest absolute Gasteiger partial charge is 0.237 e. The third kappa shape index (κ3) is 4.92. The van der Waals surface area contributed by atoms with E-state index in [2.05, 4.69) is 32.6 Å². The number of ether oxygens (including phenoxy) is 1. The topological polar surface area (TPSA) is 79.9 Å². The molecule has 1 unspecified atom stereocenters. The quantitative estimate of drug-likeness (QED) is 0.527. The molecule has 0 aliphatic rings. The van der Waals surface area contributed by atoms with E-state index in [9.17, 15) is 4.79 Å². The second kappa shape index (κ2) is 8.88. The molecular formula is C21H23ClN4O2S. The molecule has 29 heavy (non-hydrogen) atoms. The van der Waals surface area contributed by atoms with Crippen molar-refractivity contribution in [3.8, 4) is 17.1 Å². The van der Waals surface area contributed by atoms with Crippen molar-refractivity contribution >= 4 is 35.0 Å². The second-order valence-corrected chi connectivity index (χ2v) is 8.58. The van der Waals surface area contributed by atoms with Gasteiger partial charge in [-0.3, -0.25) is 9.89 Å². The molecule has 0 aliphatic heterocycles. The number of thioether (sulfide) groups is 1. The molecule has 3 aromatic rings. The number of aromatic nitrogens is 3. The number of hydrogen-bond donors (Lipinski definition) is 2. The Hall–Kier alpha value is -2.51. The van der Waals surface area contributed by atoms with Crippen molar-refractivity contribution in [3.63, 3.8) is 0 Å². The molecule has 0 aliphatic carbocycles. The highest BCUT2D eigenvalue weighted by Gasteiger charge is 2.20. The van der Waals surface area contributed by atoms with Crippen LogP contribution in [0.3, 0.4) is 0 Å². The van der Waals surface area contributed by atoms with E-state index in [0.29, 0.717) is 27.3 Å². The summed E-state index contributed by atoms with van der Waals surface area (Å²) in [6, 6.07) is 9.39. The Morgan fingerprint density at radius 1 is 1.21 bits per heavy atom. The molecule has 0 saturated carbocycles. The Morgan fingerprint density at radius 2 is 1.90 bits per heavy atom. The molecule has 2 aromatic carbocycles. The number of hydrogen-bond acceptors (Lipinski definition) is 5. The zero-order valence-electron chi connectivity index (χ0n) is 17.0. The van der Waals surface area contributed by atoms with Crippen LogP contribution in [0.2, 0.25) is 5.02 Å². The van der Waals surface area contributed by atoms with Crippen LogP contribution < -0.4 is 10.1 Å². The van der Waals surface area contributed by atoms with Crippen LogP contribution in [0.4, 0.5) is 5.69 Å². The molecule has 0 spiro atoms. The van der Waals surface area contributed by atoms with Gasteiger partial charge in [0.2, 0.25) is 11.1 Å². The van der Waals surface area contributed by atoms with Gasteiger partial charge >= 0.3 is 0 Å². The van der Waals surface area contributed by atoms with E-state index >= 15 is 0 Å². The van der Waals surface area contributed by atoms with Crippen molar-refractivity contribution in [3.05, 3.63) is 52.0 Å². The van der Waals surface area contributed by atoms with Crippen molar-refractivity contribution in [2.45, 2.75) is 38.1 Å². The van der Waals surface area contributed by atoms with Gasteiger partial charge in [-0.2, -0.15) is 0 Å². The minimum atomic E-state index is -0.375. The first kappa shape index (κ1) is 21.2. The van der Waals surface area contributed by atoms with Gasteiger partial charge in [0.15, 0.2) is 5.82 Å². The van der Waals surface area contributed by atoms with Gasteiger partial charge < -0.3 is 10.1 Å². The highest BCUT2D eigenvalue weighted by Crippen LogP contribution is 2.32. The summed E-state index contributed by atoms with van der Waals surface area (Å²) in [4.78, 5) is 17.2. The number of carbonyl (C=O) groups excluding carboxylic acids is 1. The zero-order chi connectivity index (χ0) is 21.1. The van der Waals surface area contributed by atoms with E-state index in [1.165, 1.54) is 17.3 Å². The molecule has 8 heteroatoms. The van der Waals surface area contributed by atoms with E-state index in [-0.39, 0.29) is 11.2 Å². The summed E-state index contributed by atoms with van der Waals surface area (Å²) in [7, 11) is 1.58. The lowest BCUT2D eigenvalue weighted by Crippen LogP contribution is -2.23. The molecule has 0 bridgehead atoms. The normalized spacial score (nSPS) is 11.9. The number of benzene rings is 2. The molecule has 152 valence electrons. The fourth-order valence-corrected chi connectivity index (χ4v) is 4.00. The molecular weight excluding hydrogens is 408 g/mol. The van der Waals surface area contributed by atoms with Gasteiger partial charge in [0.25, 0.3) is 0 Å². The van der Waals surface area contributed by atoms with Crippen molar-refractivity contribution in [1.29, 1.82) is 0 Å². The molecule has 6 nitrogen and oxygen atoms in total. The maximum absolute atomic E-state index is 12.7. The number of amides is 1. The highest BCUT2D eigenvalue weighted by molar-refractivity contribution is 8.00. The van der Waals surface area contributed by atoms with Crippen molar-refractivity contribution in [2.24, 2.45) is 0 Å². The maximum atomic E-state index is 12.7. The lowest BCUT2D eigenvalue weighted by Gasteiger charge is -2.15. The summed E-state index contributed by atoms with van der Waals surface area (Å²) in [6.07, 6.45) is 0. The lowest BCUT2D eigenvalue weighted by molar-refractivity contribution is -0.115. The predicted molar refractivity (Wildman–Crippen MR) is 118 cm³/mol. The number of anilines is 1. The van der Waals surface area contributed by atoms with Crippen molar-refractivity contribution in [1.82, 2.24) is 15.2 Å². The lowest BCUT2D eigenvalue weighted by atomic mass is 10.1. The first-order valence-electron chi connectivity index (χ1n) is 9.10. The largest absolute Gasteiger partial charge is 0.496 e. The average molecular weight is 431 g/mol. The van der Waals surface area contributed by atoms with Gasteiger partial charge in [-0.25, -0.2) is 4.98 Å². The third-order valence-corrected chi connectivity index (χ3v) is 5.65. The molecule has 1 heterocycles. The Morgan fingerprint density at radius 3 is 2.55 bits per heavy atom. The molecule has 1 aromatic heterocycles. The summed E-state index contributed by atoms with van der Waals surface area (Å²) in [5.41, 5.74) is 4.82. The average Bonchev–Trinajstić information content (AvgIpc) is 3.12. The van der Waals surface area contributed by atoms with Crippen LogP contribution in [-0.4, -0.2) is 33.4 Å². The second-order valence-electron chi connectivity index (χ2n) is 6.83. The molecule has 0 fully saturated rings. The van der Waals surface area contributed by atoms with E-state index < -0.39 is 0 Å². The zero-order valence-corrected chi connectivity index (χ0v) is 18.5. The van der Waals surface area contributed by atoms with Gasteiger partial charge in [-0.1, -0.05) is 41.1 Å². The Kier molecular flexibility index (Phi) is 6.49. The van der Waals surface area contributed by atoms with Gasteiger partial charge in [0.1, 0.15) is 5.75 Å². The number of aromatic amines is 1. The Labute approximate surface area is 179 Å². The highest BCUT2D eigenvalue weighted by atomic mass is 35.5. The third-order valence-electron chi connectivity index (χ3n) is 4.46. The molecule has 1 atom stereocenters. The standard InChI is InChI=1S/C21H23ClN4O2S/c1-11-8-12(2)18(13(3)9-11)23-20(27)14(4)29-21-24-19(25-26-21)16-10-15(22)6-7-17(16)28-5/h6-10,14H,1-5H3,(H,23,27)(H,24,25,26). The first-order chi connectivity index (χ1) is 13.8. The van der Waals surface area contributed by atoms with E-state index in [1.54, 1.807) is 25.3 Å². The summed E-state index contributed by atoms with van der Waals surface area (Å²) >= 11 is 7.37. The van der Waals surface area contributed by atoms with Gasteiger partial charge in [-0.05, 0) is 57.0 Å². The van der Waals surface area contributed by atoms with Crippen molar-refractivity contribution < 1.29 is 9.53 Å². The van der Waals surface area contributed by atoms with Crippen molar-refractivity contribution in [2.75, 3.05) is 12.4 Å². The number of carbonyl (C=O) groups is 1. The van der Waals surface area contributed by atoms with Crippen LogP contribution >= 0.6 is 23.4 Å². The number of aryl methyl sites for hydroxylation is 3. The number of nitrogens with zero attached hydrogens (tertiary/aromatic N) is 2. The number of H-pyrrole nitrogens is 1. The molecule has 1 amide bonds. The maximum Gasteiger partial charge on any atom is 0.237 e. The summed E-state index contributed by atoms with van der Waals surface area (Å²) in [5.74, 6) is 1.07. The fourth-order valence-electron chi connectivity index (χ4n) is 3.10. The number of rotatable bonds is 6. The van der Waals surface area contributed by atoms with Gasteiger partial charge in [0.05, 0.1) is 17.9 Å². The number of halogens is 1. The SMILES string of the molecule is COc1ccc(Cl)cc1-c1nc(SC(C)C(=O)Nc2c(C)cc(C)cc2C)n[nH]1. The van der Waals surface area contributed by atoms with Crippen LogP contribution in [0.5, 0.6) is 5.75 Å². The van der Waals surface area contributed by atoms with Crippen LogP contribution in [-0.2, 0) is 4.79 Å². The monoisotopic (exact) mass is 430 g/mol. The van der Waals surface area contributed by atoms with E-state index in [0.717, 1.165) is 16.8 Å². The molecule has 2 N–H and O–H groups in total. The van der Waals surface area contributed by atoms with E-state index in [1.807, 2.05) is 27.7 Å². The van der Waals surface area contributed by atoms with Gasteiger partial charge in [-0.15, -0.1) is 5.10 Å². The number of nitrogens with one attached hydrogen (secondary N) is 2. The van der Waals surface area contributed by atoms with E-state index in [4.69, 9.17) is 16.3 Å². The van der Waals surface area contributed by atoms with Crippen LogP contribution in [0, 0.1) is 20.8 Å². The summed E-state index contributed by atoms with van der Waals surface area (Å²) < 4.78 is 5.36. The molecule has 0 saturated heterocycles. The molecule has 0 radical (unpaired) electrons. The van der Waals surface area contributed by atoms with Crippen LogP contribution in [0.15, 0.2) is 35.5 Å². The van der Waals surface area contributed by atoms with Crippen LogP contribution in [0.1, 0.15) is 23.6 Å². The first-order valence-corrected chi connectivity index (χ1v) is 10.4. The Balaban J connectivity index is 1.73.